The van der Waals surface area contributed by atoms with Crippen molar-refractivity contribution < 1.29 is 14.3 Å². The molecular formula is C41H50O3. The van der Waals surface area contributed by atoms with Crippen molar-refractivity contribution >= 4 is 6.16 Å². The fraction of sp³-hybridized carbons (Fsp3) is 0.390. The number of carbonyl (C=O) groups is 1. The van der Waals surface area contributed by atoms with Crippen molar-refractivity contribution in [3.8, 4) is 0 Å². The van der Waals surface area contributed by atoms with Gasteiger partial charge in [-0.3, -0.25) is 0 Å². The zero-order chi connectivity index (χ0) is 30.8. The van der Waals surface area contributed by atoms with E-state index in [0.717, 1.165) is 38.5 Å². The molecule has 4 rings (SSSR count). The Bertz CT molecular complexity index is 1230. The van der Waals surface area contributed by atoms with Gasteiger partial charge in [-0.2, -0.15) is 0 Å². The monoisotopic (exact) mass is 590 g/mol. The van der Waals surface area contributed by atoms with Crippen LogP contribution in [0, 0.1) is 0 Å². The molecular weight excluding hydrogens is 540 g/mol. The summed E-state index contributed by atoms with van der Waals surface area (Å²) in [5.74, 6) is 0.540. The maximum Gasteiger partial charge on any atom is 0.508 e. The van der Waals surface area contributed by atoms with E-state index in [0.29, 0.717) is 13.2 Å². The first kappa shape index (κ1) is 33.1. The van der Waals surface area contributed by atoms with Crippen molar-refractivity contribution in [2.24, 2.45) is 0 Å². The SMILES string of the molecule is CCCCc1ccc(C(CCCOC(=O)OCCCC(c2ccccc2)c2ccc(CCCC)cc2)c2ccccc2)cc1. The second kappa shape index (κ2) is 18.7. The Morgan fingerprint density at radius 1 is 0.500 bits per heavy atom. The van der Waals surface area contributed by atoms with Crippen LogP contribution in [-0.4, -0.2) is 19.4 Å². The number of hydrogen-bond acceptors (Lipinski definition) is 3. The largest absolute Gasteiger partial charge is 0.508 e. The lowest BCUT2D eigenvalue weighted by Gasteiger charge is -2.19. The van der Waals surface area contributed by atoms with Crippen molar-refractivity contribution in [2.45, 2.75) is 89.9 Å². The molecule has 0 aliphatic carbocycles. The second-order valence-corrected chi connectivity index (χ2v) is 11.8. The summed E-state index contributed by atoms with van der Waals surface area (Å²) in [6.45, 7) is 5.17. The van der Waals surface area contributed by atoms with Gasteiger partial charge >= 0.3 is 6.16 Å². The summed E-state index contributed by atoms with van der Waals surface area (Å²) >= 11 is 0. The molecule has 0 aromatic heterocycles. The second-order valence-electron chi connectivity index (χ2n) is 11.8. The lowest BCUT2D eigenvalue weighted by molar-refractivity contribution is 0.0527. The highest BCUT2D eigenvalue weighted by Gasteiger charge is 2.16. The zero-order valence-electron chi connectivity index (χ0n) is 26.8. The highest BCUT2D eigenvalue weighted by Crippen LogP contribution is 2.31. The lowest BCUT2D eigenvalue weighted by atomic mass is 9.87. The van der Waals surface area contributed by atoms with Crippen LogP contribution in [0.3, 0.4) is 0 Å². The summed E-state index contributed by atoms with van der Waals surface area (Å²) in [4.78, 5) is 12.4. The first-order valence-electron chi connectivity index (χ1n) is 16.7. The maximum atomic E-state index is 12.4. The fourth-order valence-corrected chi connectivity index (χ4v) is 5.94. The number of aryl methyl sites for hydroxylation is 2. The van der Waals surface area contributed by atoms with E-state index in [1.54, 1.807) is 0 Å². The Kier molecular flexibility index (Phi) is 14.1. The normalized spacial score (nSPS) is 12.4. The molecule has 4 aromatic carbocycles. The highest BCUT2D eigenvalue weighted by molar-refractivity contribution is 5.59. The van der Waals surface area contributed by atoms with E-state index in [9.17, 15) is 4.79 Å². The van der Waals surface area contributed by atoms with Gasteiger partial charge < -0.3 is 9.47 Å². The highest BCUT2D eigenvalue weighted by atomic mass is 16.7. The van der Waals surface area contributed by atoms with Crippen LogP contribution >= 0.6 is 0 Å². The van der Waals surface area contributed by atoms with Crippen LogP contribution in [0.15, 0.2) is 109 Å². The van der Waals surface area contributed by atoms with E-state index in [-0.39, 0.29) is 11.8 Å². The summed E-state index contributed by atoms with van der Waals surface area (Å²) < 4.78 is 11.0. The van der Waals surface area contributed by atoms with Crippen molar-refractivity contribution in [1.29, 1.82) is 0 Å². The number of unbranched alkanes of at least 4 members (excludes halogenated alkanes) is 2. The molecule has 0 fully saturated rings. The Balaban J connectivity index is 1.23. The molecule has 0 aliphatic heterocycles. The molecule has 2 atom stereocenters. The third-order valence-corrected chi connectivity index (χ3v) is 8.52. The standard InChI is InChI=1S/C41H50O3/c1-3-5-15-33-23-27-37(28-24-33)39(35-17-9-7-10-18-35)21-13-31-43-41(42)44-32-14-22-40(36-19-11-8-12-20-36)38-29-25-34(26-30-38)16-6-4-2/h7-12,17-20,23-30,39-40H,3-6,13-16,21-22,31-32H2,1-2H3. The Labute approximate surface area is 265 Å². The molecule has 44 heavy (non-hydrogen) atoms. The predicted molar refractivity (Wildman–Crippen MR) is 182 cm³/mol. The van der Waals surface area contributed by atoms with Crippen LogP contribution < -0.4 is 0 Å². The van der Waals surface area contributed by atoms with E-state index in [2.05, 4.69) is 123 Å². The number of carbonyl (C=O) groups excluding carboxylic acids is 1. The van der Waals surface area contributed by atoms with Crippen molar-refractivity contribution in [1.82, 2.24) is 0 Å². The van der Waals surface area contributed by atoms with Crippen molar-refractivity contribution in [2.75, 3.05) is 13.2 Å². The lowest BCUT2D eigenvalue weighted by Crippen LogP contribution is -2.11. The van der Waals surface area contributed by atoms with Gasteiger partial charge in [0.1, 0.15) is 0 Å². The summed E-state index contributed by atoms with van der Waals surface area (Å²) in [5, 5.41) is 0. The van der Waals surface area contributed by atoms with E-state index >= 15 is 0 Å². The Hall–Kier alpha value is -3.85. The van der Waals surface area contributed by atoms with E-state index < -0.39 is 6.16 Å². The van der Waals surface area contributed by atoms with Gasteiger partial charge in [0.25, 0.3) is 0 Å². The van der Waals surface area contributed by atoms with Crippen molar-refractivity contribution in [3.63, 3.8) is 0 Å². The number of hydrogen-bond donors (Lipinski definition) is 0. The molecule has 0 bridgehead atoms. The molecule has 0 saturated heterocycles. The minimum Gasteiger partial charge on any atom is -0.434 e. The van der Waals surface area contributed by atoms with Gasteiger partial charge in [0.05, 0.1) is 13.2 Å². The molecule has 0 radical (unpaired) electrons. The molecule has 0 N–H and O–H groups in total. The zero-order valence-corrected chi connectivity index (χ0v) is 26.8. The minimum absolute atomic E-state index is 0.270. The molecule has 4 aromatic rings. The molecule has 0 amide bonds. The third kappa shape index (κ3) is 10.7. The molecule has 3 heteroatoms. The summed E-state index contributed by atoms with van der Waals surface area (Å²) in [6.07, 6.45) is 9.89. The average molecular weight is 591 g/mol. The summed E-state index contributed by atoms with van der Waals surface area (Å²) in [5.41, 5.74) is 7.98. The number of ether oxygens (including phenoxy) is 2. The minimum atomic E-state index is -0.571. The Morgan fingerprint density at radius 3 is 1.23 bits per heavy atom. The molecule has 0 heterocycles. The van der Waals surface area contributed by atoms with Gasteiger partial charge in [-0.25, -0.2) is 4.79 Å². The molecule has 0 aliphatic rings. The molecule has 232 valence electrons. The van der Waals surface area contributed by atoms with Crippen LogP contribution in [0.25, 0.3) is 0 Å². The van der Waals surface area contributed by atoms with Gasteiger partial charge in [-0.15, -0.1) is 0 Å². The van der Waals surface area contributed by atoms with Gasteiger partial charge in [0.2, 0.25) is 0 Å². The molecule has 3 nitrogen and oxygen atoms in total. The van der Waals surface area contributed by atoms with Crippen LogP contribution in [0.5, 0.6) is 0 Å². The quantitative estimate of drug-likeness (QED) is 0.0854. The van der Waals surface area contributed by atoms with E-state index in [4.69, 9.17) is 9.47 Å². The topological polar surface area (TPSA) is 35.5 Å². The first-order chi connectivity index (χ1) is 21.7. The molecule has 0 spiro atoms. The van der Waals surface area contributed by atoms with E-state index in [1.165, 1.54) is 59.1 Å². The summed E-state index contributed by atoms with van der Waals surface area (Å²) in [7, 11) is 0. The van der Waals surface area contributed by atoms with Crippen LogP contribution in [0.2, 0.25) is 0 Å². The molecule has 0 saturated carbocycles. The predicted octanol–water partition coefficient (Wildman–Crippen LogP) is 11.0. The summed E-state index contributed by atoms with van der Waals surface area (Å²) in [6, 6.07) is 39.4. The first-order valence-corrected chi connectivity index (χ1v) is 16.7. The molecule has 2 unspecified atom stereocenters. The third-order valence-electron chi connectivity index (χ3n) is 8.52. The van der Waals surface area contributed by atoms with E-state index in [1.807, 2.05) is 0 Å². The van der Waals surface area contributed by atoms with Crippen molar-refractivity contribution in [3.05, 3.63) is 143 Å². The van der Waals surface area contributed by atoms with Crippen LogP contribution in [0.1, 0.15) is 110 Å². The smallest absolute Gasteiger partial charge is 0.434 e. The van der Waals surface area contributed by atoms with Gasteiger partial charge in [-0.1, -0.05) is 136 Å². The van der Waals surface area contributed by atoms with Gasteiger partial charge in [0, 0.05) is 11.8 Å². The average Bonchev–Trinajstić information content (AvgIpc) is 3.08. The van der Waals surface area contributed by atoms with Crippen LogP contribution in [-0.2, 0) is 22.3 Å². The number of rotatable bonds is 18. The maximum absolute atomic E-state index is 12.4. The van der Waals surface area contributed by atoms with Gasteiger partial charge in [0.15, 0.2) is 0 Å². The number of benzene rings is 4. The van der Waals surface area contributed by atoms with Crippen LogP contribution in [0.4, 0.5) is 4.79 Å². The van der Waals surface area contributed by atoms with Gasteiger partial charge in [-0.05, 0) is 84.7 Å². The Morgan fingerprint density at radius 2 is 0.864 bits per heavy atom. The fourth-order valence-electron chi connectivity index (χ4n) is 5.94.